The number of benzene rings is 1. The standard InChI is InChI=1S/C9H6F3NO.ClH.Ru/c1-6-4-2-3-5-7(6)13-8(14)9(10,11)12;;/h1-5H,(H,13,14);1H;/q;;+1/p-1. The molecule has 0 aromatic heterocycles. The van der Waals surface area contributed by atoms with Gasteiger partial charge < -0.3 is 0 Å². The quantitative estimate of drug-likeness (QED) is 0.826. The molecule has 1 aromatic carbocycles. The first-order valence-corrected chi connectivity index (χ1v) is 7.22. The molecule has 1 N–H and O–H groups in total. The predicted molar refractivity (Wildman–Crippen MR) is 52.1 cm³/mol. The number of carbonyl (C=O) groups excluding carboxylic acids is 1. The molecule has 0 atom stereocenters. The molecule has 0 unspecified atom stereocenters. The summed E-state index contributed by atoms with van der Waals surface area (Å²) in [5.74, 6) is -1.99. The fraction of sp³-hybridized carbons (Fsp3) is 0.111. The molecule has 0 saturated carbocycles. The number of hydrogen-bond donors (Lipinski definition) is 1. The van der Waals surface area contributed by atoms with Crippen molar-refractivity contribution in [3.63, 3.8) is 0 Å². The van der Waals surface area contributed by atoms with E-state index in [1.54, 1.807) is 22.1 Å². The Bertz CT molecular complexity index is 419. The minimum atomic E-state index is -4.89. The summed E-state index contributed by atoms with van der Waals surface area (Å²) in [5, 5.41) is 1.80. The Balaban J connectivity index is 2.93. The first-order valence-electron chi connectivity index (χ1n) is 3.97. The SMILES string of the molecule is O=C(Nc1ccccc1[CH]=[Ru][Cl])C(F)(F)F. The van der Waals surface area contributed by atoms with Crippen LogP contribution < -0.4 is 5.32 Å². The van der Waals surface area contributed by atoms with Crippen LogP contribution in [0.25, 0.3) is 0 Å². The van der Waals surface area contributed by atoms with Crippen LogP contribution in [-0.4, -0.2) is 16.7 Å². The number of amides is 1. The summed E-state index contributed by atoms with van der Waals surface area (Å²) >= 11 is -0.568. The first-order chi connectivity index (χ1) is 7.45. The van der Waals surface area contributed by atoms with Crippen molar-refractivity contribution in [3.8, 4) is 0 Å². The number of halogens is 4. The van der Waals surface area contributed by atoms with Gasteiger partial charge in [0.05, 0.1) is 0 Å². The van der Waals surface area contributed by atoms with Crippen LogP contribution >= 0.6 is 9.69 Å². The first kappa shape index (κ1) is 13.3. The van der Waals surface area contributed by atoms with Gasteiger partial charge in [0, 0.05) is 0 Å². The van der Waals surface area contributed by atoms with Crippen LogP contribution in [-0.2, 0) is 20.5 Å². The Hall–Kier alpha value is -0.737. The number of rotatable bonds is 2. The van der Waals surface area contributed by atoms with Gasteiger partial charge in [-0.2, -0.15) is 0 Å². The van der Waals surface area contributed by atoms with Crippen LogP contribution in [0, 0.1) is 0 Å². The average Bonchev–Trinajstić information content (AvgIpc) is 2.20. The number of para-hydroxylation sites is 1. The molecule has 0 heterocycles. The summed E-state index contributed by atoms with van der Waals surface area (Å²) in [6, 6.07) is 6.17. The Morgan fingerprint density at radius 3 is 2.56 bits per heavy atom. The molecular formula is C9H6ClF3NORu. The van der Waals surface area contributed by atoms with E-state index >= 15 is 0 Å². The molecule has 0 aliphatic heterocycles. The van der Waals surface area contributed by atoms with E-state index in [0.717, 1.165) is 0 Å². The molecule has 0 saturated heterocycles. The topological polar surface area (TPSA) is 29.1 Å². The van der Waals surface area contributed by atoms with E-state index < -0.39 is 27.8 Å². The van der Waals surface area contributed by atoms with Gasteiger partial charge in [0.25, 0.3) is 0 Å². The summed E-state index contributed by atoms with van der Waals surface area (Å²) < 4.78 is 37.6. The van der Waals surface area contributed by atoms with Crippen LogP contribution in [0.4, 0.5) is 18.9 Å². The second kappa shape index (κ2) is 5.55. The van der Waals surface area contributed by atoms with Crippen molar-refractivity contribution in [1.82, 2.24) is 0 Å². The van der Waals surface area contributed by atoms with E-state index in [2.05, 4.69) is 0 Å². The van der Waals surface area contributed by atoms with Gasteiger partial charge in [-0.1, -0.05) is 0 Å². The summed E-state index contributed by atoms with van der Waals surface area (Å²) in [7, 11) is 5.53. The molecule has 1 amide bonds. The number of anilines is 1. The van der Waals surface area contributed by atoms with Crippen molar-refractivity contribution in [3.05, 3.63) is 29.8 Å². The van der Waals surface area contributed by atoms with Gasteiger partial charge in [0.2, 0.25) is 0 Å². The van der Waals surface area contributed by atoms with E-state index in [1.807, 2.05) is 0 Å². The van der Waals surface area contributed by atoms with E-state index in [9.17, 15) is 18.0 Å². The molecule has 16 heavy (non-hydrogen) atoms. The molecule has 2 nitrogen and oxygen atoms in total. The molecule has 0 bridgehead atoms. The van der Waals surface area contributed by atoms with Crippen LogP contribution in [0.5, 0.6) is 0 Å². The van der Waals surface area contributed by atoms with Gasteiger partial charge in [-0.05, 0) is 0 Å². The van der Waals surface area contributed by atoms with Crippen molar-refractivity contribution in [2.24, 2.45) is 0 Å². The number of carbonyl (C=O) groups is 1. The third-order valence-corrected chi connectivity index (χ3v) is 2.80. The fourth-order valence-electron chi connectivity index (χ4n) is 0.935. The Labute approximate surface area is 101 Å². The molecule has 0 radical (unpaired) electrons. The zero-order chi connectivity index (χ0) is 12.2. The number of nitrogens with one attached hydrogen (secondary N) is 1. The van der Waals surface area contributed by atoms with E-state index in [1.165, 1.54) is 12.1 Å². The molecule has 7 heteroatoms. The minimum absolute atomic E-state index is 0.111. The van der Waals surface area contributed by atoms with Crippen molar-refractivity contribution >= 4 is 25.9 Å². The van der Waals surface area contributed by atoms with Crippen LogP contribution in [0.15, 0.2) is 24.3 Å². The Morgan fingerprint density at radius 1 is 1.38 bits per heavy atom. The zero-order valence-corrected chi connectivity index (χ0v) is 10.2. The Morgan fingerprint density at radius 2 is 2.00 bits per heavy atom. The van der Waals surface area contributed by atoms with Gasteiger partial charge in [-0.3, -0.25) is 0 Å². The molecule has 0 aliphatic carbocycles. The number of hydrogen-bond acceptors (Lipinski definition) is 1. The second-order valence-corrected chi connectivity index (χ2v) is 4.51. The molecule has 0 fully saturated rings. The third kappa shape index (κ3) is 3.69. The summed E-state index contributed by atoms with van der Waals surface area (Å²) in [6.45, 7) is 0. The van der Waals surface area contributed by atoms with Crippen molar-refractivity contribution in [2.45, 2.75) is 6.18 Å². The molecule has 1 rings (SSSR count). The van der Waals surface area contributed by atoms with E-state index in [-0.39, 0.29) is 5.69 Å². The zero-order valence-electron chi connectivity index (χ0n) is 7.66. The molecule has 0 spiro atoms. The summed E-state index contributed by atoms with van der Waals surface area (Å²) in [4.78, 5) is 10.7. The van der Waals surface area contributed by atoms with Crippen LogP contribution in [0.1, 0.15) is 5.56 Å². The maximum atomic E-state index is 12.0. The van der Waals surface area contributed by atoms with E-state index in [0.29, 0.717) is 5.56 Å². The predicted octanol–water partition coefficient (Wildman–Crippen LogP) is 2.57. The third-order valence-electron chi connectivity index (χ3n) is 1.61. The van der Waals surface area contributed by atoms with E-state index in [4.69, 9.17) is 9.69 Å². The summed E-state index contributed by atoms with van der Waals surface area (Å²) in [5.41, 5.74) is 0.605. The second-order valence-electron chi connectivity index (χ2n) is 2.72. The van der Waals surface area contributed by atoms with Crippen molar-refractivity contribution < 1.29 is 33.7 Å². The molecular weight excluding hydrogens is 332 g/mol. The molecule has 89 valence electrons. The average molecular weight is 338 g/mol. The van der Waals surface area contributed by atoms with Gasteiger partial charge in [0.1, 0.15) is 0 Å². The molecule has 1 aromatic rings. The summed E-state index contributed by atoms with van der Waals surface area (Å²) in [6.07, 6.45) is -4.89. The van der Waals surface area contributed by atoms with Crippen molar-refractivity contribution in [2.75, 3.05) is 5.32 Å². The fourth-order valence-corrected chi connectivity index (χ4v) is 2.07. The van der Waals surface area contributed by atoms with Gasteiger partial charge in [0.15, 0.2) is 0 Å². The van der Waals surface area contributed by atoms with Gasteiger partial charge in [-0.15, -0.1) is 0 Å². The number of alkyl halides is 3. The van der Waals surface area contributed by atoms with Crippen molar-refractivity contribution in [1.29, 1.82) is 0 Å². The normalized spacial score (nSPS) is 12.2. The van der Waals surface area contributed by atoms with Gasteiger partial charge >= 0.3 is 101 Å². The Kier molecular flexibility index (Phi) is 4.62. The van der Waals surface area contributed by atoms with Crippen LogP contribution in [0.3, 0.4) is 0 Å². The van der Waals surface area contributed by atoms with Crippen LogP contribution in [0.2, 0.25) is 0 Å². The monoisotopic (exact) mass is 338 g/mol. The van der Waals surface area contributed by atoms with Gasteiger partial charge in [-0.25, -0.2) is 0 Å². The maximum absolute atomic E-state index is 12.0. The molecule has 0 aliphatic rings.